The number of anilines is 1. The van der Waals surface area contributed by atoms with Crippen LogP contribution in [0.2, 0.25) is 0 Å². The van der Waals surface area contributed by atoms with Crippen molar-refractivity contribution in [1.29, 1.82) is 0 Å². The summed E-state index contributed by atoms with van der Waals surface area (Å²) in [4.78, 5) is 24.7. The number of halogens is 6. The van der Waals surface area contributed by atoms with Crippen molar-refractivity contribution >= 4 is 87.1 Å². The van der Waals surface area contributed by atoms with E-state index in [1.807, 2.05) is 6.07 Å². The first-order valence-corrected chi connectivity index (χ1v) is 11.1. The highest BCUT2D eigenvalue weighted by molar-refractivity contribution is 6.65. The fourth-order valence-corrected chi connectivity index (χ4v) is 8.66. The van der Waals surface area contributed by atoms with Gasteiger partial charge in [-0.15, -0.1) is 23.2 Å². The summed E-state index contributed by atoms with van der Waals surface area (Å²) in [7, 11) is 0. The van der Waals surface area contributed by atoms with E-state index in [0.29, 0.717) is 18.5 Å². The Balaban J connectivity index is 1.58. The number of fused-ring (bicyclic) bond motifs is 6. The lowest BCUT2D eigenvalue weighted by Crippen LogP contribution is -2.44. The minimum Gasteiger partial charge on any atom is -0.274 e. The van der Waals surface area contributed by atoms with Gasteiger partial charge in [0.2, 0.25) is 11.8 Å². The highest BCUT2D eigenvalue weighted by atomic mass is 35.5. The fourth-order valence-electron chi connectivity index (χ4n) is 5.55. The van der Waals surface area contributed by atoms with E-state index in [1.165, 1.54) is 4.90 Å². The number of alkyl halides is 4. The lowest BCUT2D eigenvalue weighted by Gasteiger charge is -2.42. The van der Waals surface area contributed by atoms with Crippen molar-refractivity contribution in [3.63, 3.8) is 0 Å². The van der Waals surface area contributed by atoms with Gasteiger partial charge in [-0.2, -0.15) is 0 Å². The molecule has 2 saturated carbocycles. The Morgan fingerprint density at radius 3 is 1.64 bits per heavy atom. The maximum atomic E-state index is 13.1. The molecule has 2 bridgehead atoms. The Hall–Kier alpha value is -0.160. The van der Waals surface area contributed by atoms with Crippen molar-refractivity contribution in [1.82, 2.24) is 0 Å². The largest absolute Gasteiger partial charge is 0.274 e. The molecule has 1 heterocycles. The molecular weight excluding hydrogens is 487 g/mol. The third-order valence-corrected chi connectivity index (χ3v) is 11.2. The zero-order chi connectivity index (χ0) is 20.2. The minimum absolute atomic E-state index is 0.132. The Morgan fingerprint density at radius 1 is 0.786 bits per heavy atom. The molecule has 1 aromatic rings. The van der Waals surface area contributed by atoms with E-state index in [9.17, 15) is 9.59 Å². The molecule has 0 N–H and O–H groups in total. The average Bonchev–Trinajstić information content (AvgIpc) is 3.04. The predicted octanol–water partition coefficient (Wildman–Crippen LogP) is 5.66. The van der Waals surface area contributed by atoms with Gasteiger partial charge in [-0.1, -0.05) is 64.6 Å². The van der Waals surface area contributed by atoms with Crippen LogP contribution in [0, 0.1) is 23.7 Å². The molecule has 1 saturated heterocycles. The van der Waals surface area contributed by atoms with Gasteiger partial charge in [-0.25, -0.2) is 0 Å². The molecule has 1 aromatic carbocycles. The molecule has 0 spiro atoms. The molecule has 3 aliphatic carbocycles. The molecule has 3 nitrogen and oxygen atoms in total. The molecule has 6 atom stereocenters. The summed E-state index contributed by atoms with van der Waals surface area (Å²) >= 11 is 39.9. The first kappa shape index (κ1) is 19.8. The van der Waals surface area contributed by atoms with E-state index in [1.54, 1.807) is 24.3 Å². The maximum Gasteiger partial charge on any atom is 0.237 e. The number of amides is 2. The van der Waals surface area contributed by atoms with Crippen LogP contribution in [-0.4, -0.2) is 25.9 Å². The molecule has 9 heteroatoms. The number of hydrogen-bond donors (Lipinski definition) is 0. The van der Waals surface area contributed by atoms with Gasteiger partial charge in [-0.05, 0) is 36.8 Å². The standard InChI is InChI=1S/C19H13Cl6NO2/c20-13-14(21)18(23)12-7-10-9(6-11(12)17(13,22)19(18,24)25)15(27)26(16(10)28)8-4-2-1-3-5-8/h1-5,9-12H,6-7H2/t9-,10+,11-,12-,17+,18+/m1/s1. The van der Waals surface area contributed by atoms with E-state index >= 15 is 0 Å². The summed E-state index contributed by atoms with van der Waals surface area (Å²) in [6, 6.07) is 8.87. The monoisotopic (exact) mass is 497 g/mol. The van der Waals surface area contributed by atoms with Gasteiger partial charge in [0.05, 0.1) is 27.6 Å². The number of benzene rings is 1. The van der Waals surface area contributed by atoms with Gasteiger partial charge in [0.25, 0.3) is 0 Å². The van der Waals surface area contributed by atoms with Crippen LogP contribution in [0.25, 0.3) is 0 Å². The smallest absolute Gasteiger partial charge is 0.237 e. The molecule has 2 amide bonds. The summed E-state index contributed by atoms with van der Waals surface area (Å²) in [6.07, 6.45) is 0.644. The molecule has 28 heavy (non-hydrogen) atoms. The van der Waals surface area contributed by atoms with Gasteiger partial charge < -0.3 is 0 Å². The highest BCUT2D eigenvalue weighted by Gasteiger charge is 2.83. The molecule has 1 aliphatic heterocycles. The molecule has 3 fully saturated rings. The van der Waals surface area contributed by atoms with Crippen molar-refractivity contribution in [3.8, 4) is 0 Å². The second kappa shape index (κ2) is 5.96. The number of allylic oxidation sites excluding steroid dienone is 2. The third-order valence-electron chi connectivity index (χ3n) is 6.84. The average molecular weight is 500 g/mol. The van der Waals surface area contributed by atoms with Gasteiger partial charge in [0.15, 0.2) is 4.33 Å². The number of carbonyl (C=O) groups is 2. The van der Waals surface area contributed by atoms with Gasteiger partial charge in [0.1, 0.15) is 9.75 Å². The highest BCUT2D eigenvalue weighted by Crippen LogP contribution is 2.79. The SMILES string of the molecule is O=C1[C@H]2C[C@@H]3[C@@H](C[C@H]2C(=O)N1c1ccccc1)[C@]1(Cl)C(Cl)=C(Cl)[C@]3(Cl)C1(Cl)Cl. The Kier molecular flexibility index (Phi) is 4.21. The van der Waals surface area contributed by atoms with Gasteiger partial charge in [-0.3, -0.25) is 14.5 Å². The summed E-state index contributed by atoms with van der Waals surface area (Å²) < 4.78 is -1.64. The van der Waals surface area contributed by atoms with Gasteiger partial charge >= 0.3 is 0 Å². The van der Waals surface area contributed by atoms with E-state index in [0.717, 1.165) is 0 Å². The van der Waals surface area contributed by atoms with Crippen molar-refractivity contribution in [2.45, 2.75) is 26.9 Å². The van der Waals surface area contributed by atoms with E-state index < -0.39 is 25.9 Å². The normalized spacial score (nSPS) is 43.6. The van der Waals surface area contributed by atoms with Crippen LogP contribution in [0.1, 0.15) is 12.8 Å². The summed E-state index contributed by atoms with van der Waals surface area (Å²) in [6.45, 7) is 0. The predicted molar refractivity (Wildman–Crippen MR) is 112 cm³/mol. The zero-order valence-electron chi connectivity index (χ0n) is 14.1. The van der Waals surface area contributed by atoms with Crippen LogP contribution in [0.5, 0.6) is 0 Å². The fraction of sp³-hybridized carbons (Fsp3) is 0.474. The van der Waals surface area contributed by atoms with Crippen molar-refractivity contribution < 1.29 is 9.59 Å². The number of hydrogen-bond acceptors (Lipinski definition) is 2. The van der Waals surface area contributed by atoms with Crippen molar-refractivity contribution in [2.75, 3.05) is 4.90 Å². The van der Waals surface area contributed by atoms with Crippen LogP contribution >= 0.6 is 69.6 Å². The molecule has 0 radical (unpaired) electrons. The van der Waals surface area contributed by atoms with E-state index in [4.69, 9.17) is 69.6 Å². The summed E-state index contributed by atoms with van der Waals surface area (Å²) in [5.41, 5.74) is 0.555. The topological polar surface area (TPSA) is 37.4 Å². The molecular formula is C19H13Cl6NO2. The molecule has 0 unspecified atom stereocenters. The molecule has 5 rings (SSSR count). The quantitative estimate of drug-likeness (QED) is 0.369. The van der Waals surface area contributed by atoms with E-state index in [-0.39, 0.29) is 33.7 Å². The number of para-hydroxylation sites is 1. The first-order chi connectivity index (χ1) is 13.1. The van der Waals surface area contributed by atoms with Gasteiger partial charge in [0, 0.05) is 0 Å². The number of rotatable bonds is 1. The van der Waals surface area contributed by atoms with E-state index in [2.05, 4.69) is 0 Å². The van der Waals surface area contributed by atoms with Crippen molar-refractivity contribution in [2.24, 2.45) is 23.7 Å². The molecule has 4 aliphatic rings. The number of carbonyl (C=O) groups excluding carboxylic acids is 2. The Morgan fingerprint density at radius 2 is 1.21 bits per heavy atom. The zero-order valence-corrected chi connectivity index (χ0v) is 18.7. The molecule has 0 aromatic heterocycles. The van der Waals surface area contributed by atoms with Crippen LogP contribution < -0.4 is 4.90 Å². The van der Waals surface area contributed by atoms with Crippen molar-refractivity contribution in [3.05, 3.63) is 40.4 Å². The second-order valence-electron chi connectivity index (χ2n) is 7.87. The van der Waals surface area contributed by atoms with Crippen LogP contribution in [-0.2, 0) is 9.59 Å². The maximum absolute atomic E-state index is 13.1. The van der Waals surface area contributed by atoms with Crippen LogP contribution in [0.4, 0.5) is 5.69 Å². The number of nitrogens with zero attached hydrogens (tertiary/aromatic N) is 1. The Bertz CT molecular complexity index is 895. The lowest BCUT2D eigenvalue weighted by molar-refractivity contribution is -0.122. The minimum atomic E-state index is -1.64. The summed E-state index contributed by atoms with van der Waals surface area (Å²) in [5.74, 6) is -2.26. The van der Waals surface area contributed by atoms with Crippen LogP contribution in [0.3, 0.4) is 0 Å². The Labute approximate surface area is 191 Å². The second-order valence-corrected chi connectivity index (χ2v) is 11.1. The molecule has 148 valence electrons. The lowest BCUT2D eigenvalue weighted by atomic mass is 9.65. The summed E-state index contributed by atoms with van der Waals surface area (Å²) in [5, 5.41) is 0.263. The third kappa shape index (κ3) is 1.98. The first-order valence-electron chi connectivity index (χ1n) is 8.83. The number of imide groups is 1. The van der Waals surface area contributed by atoms with Crippen LogP contribution in [0.15, 0.2) is 40.4 Å².